The molecule has 0 radical (unpaired) electrons. The van der Waals surface area contributed by atoms with E-state index in [0.29, 0.717) is 25.4 Å². The minimum Gasteiger partial charge on any atom is -0.383 e. The van der Waals surface area contributed by atoms with Gasteiger partial charge in [0, 0.05) is 20.1 Å². The zero-order chi connectivity index (χ0) is 15.2. The van der Waals surface area contributed by atoms with E-state index in [2.05, 4.69) is 25.0 Å². The van der Waals surface area contributed by atoms with Crippen molar-refractivity contribution in [1.29, 1.82) is 0 Å². The molecule has 0 saturated heterocycles. The van der Waals surface area contributed by atoms with Crippen LogP contribution in [0.25, 0.3) is 0 Å². The van der Waals surface area contributed by atoms with Gasteiger partial charge >= 0.3 is 5.69 Å². The Morgan fingerprint density at radius 2 is 2.33 bits per heavy atom. The number of rotatable bonds is 7. The summed E-state index contributed by atoms with van der Waals surface area (Å²) in [7, 11) is 1.51. The summed E-state index contributed by atoms with van der Waals surface area (Å²) in [5.41, 5.74) is 4.85. The molecule has 2 rings (SSSR count). The van der Waals surface area contributed by atoms with Gasteiger partial charge in [0.15, 0.2) is 5.82 Å². The van der Waals surface area contributed by atoms with Gasteiger partial charge < -0.3 is 20.3 Å². The summed E-state index contributed by atoms with van der Waals surface area (Å²) >= 11 is 0. The fourth-order valence-corrected chi connectivity index (χ4v) is 1.77. The molecule has 2 heterocycles. The number of nitrogens with two attached hydrogens (primary N) is 1. The molecule has 10 heteroatoms. The normalized spacial score (nSPS) is 10.7. The predicted molar refractivity (Wildman–Crippen MR) is 74.1 cm³/mol. The predicted octanol–water partition coefficient (Wildman–Crippen LogP) is -1.20. The highest BCUT2D eigenvalue weighted by atomic mass is 16.5. The number of anilines is 2. The first-order chi connectivity index (χ1) is 10.1. The Kier molecular flexibility index (Phi) is 4.72. The molecular formula is C11H16N6O4. The minimum atomic E-state index is -0.571. The van der Waals surface area contributed by atoms with Gasteiger partial charge in [-0.3, -0.25) is 14.3 Å². The van der Waals surface area contributed by atoms with Crippen molar-refractivity contribution in [1.82, 2.24) is 19.7 Å². The number of aromatic nitrogens is 4. The SMILES string of the molecule is COCCn1c(N)c(NCCc2ncon2)c(=O)[nH]c1=O. The maximum atomic E-state index is 11.8. The summed E-state index contributed by atoms with van der Waals surface area (Å²) in [5, 5.41) is 6.52. The minimum absolute atomic E-state index is 0.0638. The summed E-state index contributed by atoms with van der Waals surface area (Å²) in [6.45, 7) is 0.922. The zero-order valence-electron chi connectivity index (χ0n) is 11.5. The van der Waals surface area contributed by atoms with Crippen LogP contribution in [0.1, 0.15) is 5.82 Å². The van der Waals surface area contributed by atoms with Gasteiger partial charge in [-0.05, 0) is 0 Å². The summed E-state index contributed by atoms with van der Waals surface area (Å²) < 4.78 is 10.7. The molecule has 10 nitrogen and oxygen atoms in total. The number of nitrogens with one attached hydrogen (secondary N) is 2. The van der Waals surface area contributed by atoms with E-state index in [0.717, 1.165) is 0 Å². The van der Waals surface area contributed by atoms with E-state index in [-0.39, 0.29) is 18.1 Å². The maximum Gasteiger partial charge on any atom is 0.330 e. The van der Waals surface area contributed by atoms with Gasteiger partial charge in [-0.1, -0.05) is 5.16 Å². The lowest BCUT2D eigenvalue weighted by molar-refractivity contribution is 0.186. The van der Waals surface area contributed by atoms with Crippen LogP contribution in [-0.4, -0.2) is 40.0 Å². The van der Waals surface area contributed by atoms with Gasteiger partial charge in [-0.25, -0.2) is 4.79 Å². The first kappa shape index (κ1) is 14.8. The second kappa shape index (κ2) is 6.70. The molecule has 0 unspecified atom stereocenters. The molecular weight excluding hydrogens is 280 g/mol. The Morgan fingerprint density at radius 3 is 3.00 bits per heavy atom. The third-order valence-electron chi connectivity index (χ3n) is 2.82. The van der Waals surface area contributed by atoms with E-state index >= 15 is 0 Å². The number of nitrogen functional groups attached to an aromatic ring is 1. The smallest absolute Gasteiger partial charge is 0.330 e. The lowest BCUT2D eigenvalue weighted by atomic mass is 10.3. The molecule has 114 valence electrons. The largest absolute Gasteiger partial charge is 0.383 e. The summed E-state index contributed by atoms with van der Waals surface area (Å²) in [6.07, 6.45) is 1.67. The average Bonchev–Trinajstić information content (AvgIpc) is 2.95. The molecule has 0 aromatic carbocycles. The third kappa shape index (κ3) is 3.48. The lowest BCUT2D eigenvalue weighted by Crippen LogP contribution is -2.35. The van der Waals surface area contributed by atoms with Crippen molar-refractivity contribution >= 4 is 11.5 Å². The van der Waals surface area contributed by atoms with E-state index in [1.54, 1.807) is 0 Å². The van der Waals surface area contributed by atoms with Gasteiger partial charge in [-0.2, -0.15) is 4.98 Å². The molecule has 21 heavy (non-hydrogen) atoms. The molecule has 0 spiro atoms. The topological polar surface area (TPSA) is 141 Å². The van der Waals surface area contributed by atoms with E-state index in [9.17, 15) is 9.59 Å². The number of H-pyrrole nitrogens is 1. The van der Waals surface area contributed by atoms with Crippen LogP contribution in [-0.2, 0) is 17.7 Å². The zero-order valence-corrected chi connectivity index (χ0v) is 11.5. The van der Waals surface area contributed by atoms with Crippen LogP contribution in [0.5, 0.6) is 0 Å². The second-order valence-electron chi connectivity index (χ2n) is 4.19. The van der Waals surface area contributed by atoms with Crippen molar-refractivity contribution < 1.29 is 9.26 Å². The summed E-state index contributed by atoms with van der Waals surface area (Å²) in [4.78, 5) is 29.5. The Labute approximate surface area is 118 Å². The quantitative estimate of drug-likeness (QED) is 0.578. The van der Waals surface area contributed by atoms with Gasteiger partial charge in [0.05, 0.1) is 13.2 Å². The van der Waals surface area contributed by atoms with Gasteiger partial charge in [-0.15, -0.1) is 0 Å². The fourth-order valence-electron chi connectivity index (χ4n) is 1.77. The molecule has 0 amide bonds. The van der Waals surface area contributed by atoms with Crippen molar-refractivity contribution in [3.8, 4) is 0 Å². The average molecular weight is 296 g/mol. The molecule has 2 aromatic heterocycles. The Bertz CT molecular complexity index is 690. The first-order valence-corrected chi connectivity index (χ1v) is 6.24. The standard InChI is InChI=1S/C11H16N6O4/c1-20-5-4-17-9(12)8(10(18)15-11(17)19)13-3-2-7-14-6-21-16-7/h6,13H,2-5,12H2,1H3,(H,15,18,19). The van der Waals surface area contributed by atoms with E-state index in [4.69, 9.17) is 10.5 Å². The van der Waals surface area contributed by atoms with Gasteiger partial charge in [0.25, 0.3) is 5.56 Å². The maximum absolute atomic E-state index is 11.8. The van der Waals surface area contributed by atoms with Crippen LogP contribution >= 0.6 is 0 Å². The van der Waals surface area contributed by atoms with E-state index in [1.807, 2.05) is 0 Å². The number of aromatic amines is 1. The second-order valence-corrected chi connectivity index (χ2v) is 4.19. The van der Waals surface area contributed by atoms with Crippen molar-refractivity contribution in [2.45, 2.75) is 13.0 Å². The highest BCUT2D eigenvalue weighted by molar-refractivity contribution is 5.60. The van der Waals surface area contributed by atoms with Crippen LogP contribution in [0.2, 0.25) is 0 Å². The van der Waals surface area contributed by atoms with Crippen LogP contribution < -0.4 is 22.3 Å². The molecule has 2 aromatic rings. The molecule has 0 aliphatic heterocycles. The van der Waals surface area contributed by atoms with E-state index in [1.165, 1.54) is 18.1 Å². The molecule has 0 saturated carbocycles. The molecule has 0 aliphatic carbocycles. The van der Waals surface area contributed by atoms with Crippen molar-refractivity contribution in [2.75, 3.05) is 31.3 Å². The first-order valence-electron chi connectivity index (χ1n) is 6.24. The number of ether oxygens (including phenoxy) is 1. The van der Waals surface area contributed by atoms with Crippen molar-refractivity contribution in [2.24, 2.45) is 0 Å². The summed E-state index contributed by atoms with van der Waals surface area (Å²) in [5.74, 6) is 0.569. The molecule has 4 N–H and O–H groups in total. The van der Waals surface area contributed by atoms with Crippen molar-refractivity contribution in [3.05, 3.63) is 33.1 Å². The summed E-state index contributed by atoms with van der Waals surface area (Å²) in [6, 6.07) is 0. The third-order valence-corrected chi connectivity index (χ3v) is 2.82. The number of nitrogens with zero attached hydrogens (tertiary/aromatic N) is 3. The molecule has 0 aliphatic rings. The molecule has 0 fully saturated rings. The Morgan fingerprint density at radius 1 is 1.52 bits per heavy atom. The highest BCUT2D eigenvalue weighted by Crippen LogP contribution is 2.09. The van der Waals surface area contributed by atoms with E-state index < -0.39 is 11.2 Å². The molecule has 0 bridgehead atoms. The van der Waals surface area contributed by atoms with Gasteiger partial charge in [0.1, 0.15) is 11.5 Å². The number of hydrogen-bond acceptors (Lipinski definition) is 8. The van der Waals surface area contributed by atoms with Crippen LogP contribution in [0.4, 0.5) is 11.5 Å². The molecule has 0 atom stereocenters. The lowest BCUT2D eigenvalue weighted by Gasteiger charge is -2.13. The van der Waals surface area contributed by atoms with Crippen LogP contribution in [0, 0.1) is 0 Å². The monoisotopic (exact) mass is 296 g/mol. The fraction of sp³-hybridized carbons (Fsp3) is 0.455. The Hall–Kier alpha value is -2.62. The van der Waals surface area contributed by atoms with Crippen molar-refractivity contribution in [3.63, 3.8) is 0 Å². The van der Waals surface area contributed by atoms with Crippen LogP contribution in [0.3, 0.4) is 0 Å². The highest BCUT2D eigenvalue weighted by Gasteiger charge is 2.12. The Balaban J connectivity index is 2.14. The number of methoxy groups -OCH3 is 1. The number of hydrogen-bond donors (Lipinski definition) is 3. The van der Waals surface area contributed by atoms with Gasteiger partial charge in [0.2, 0.25) is 6.39 Å². The van der Waals surface area contributed by atoms with Crippen LogP contribution in [0.15, 0.2) is 20.5 Å².